The second-order valence-electron chi connectivity index (χ2n) is 15.7. The van der Waals surface area contributed by atoms with Gasteiger partial charge in [0.15, 0.2) is 0 Å². The Kier molecular flexibility index (Phi) is 10.7. The lowest BCUT2D eigenvalue weighted by Crippen LogP contribution is -2.65. The molecule has 0 radical (unpaired) electrons. The van der Waals surface area contributed by atoms with Crippen LogP contribution in [-0.2, 0) is 19.3 Å². The maximum absolute atomic E-state index is 12.9. The van der Waals surface area contributed by atoms with Crippen LogP contribution in [0.3, 0.4) is 0 Å². The van der Waals surface area contributed by atoms with E-state index in [0.717, 1.165) is 78.0 Å². The predicted octanol–water partition coefficient (Wildman–Crippen LogP) is 3.32. The molecule has 4 aliphatic heterocycles. The van der Waals surface area contributed by atoms with Crippen LogP contribution in [0.4, 0.5) is 0 Å². The van der Waals surface area contributed by atoms with Crippen molar-refractivity contribution in [2.24, 2.45) is 0 Å². The first-order valence-corrected chi connectivity index (χ1v) is 16.5. The highest BCUT2D eigenvalue weighted by molar-refractivity contribution is 5.70. The topological polar surface area (TPSA) is 89.6 Å². The lowest BCUT2D eigenvalue weighted by molar-refractivity contribution is -0.273. The number of hydrogen-bond donors (Lipinski definition) is 2. The van der Waals surface area contributed by atoms with Crippen LogP contribution in [0.15, 0.2) is 0 Å². The number of rotatable bonds is 9. The minimum atomic E-state index is -0.255. The zero-order valence-corrected chi connectivity index (χ0v) is 27.9. The molecule has 42 heavy (non-hydrogen) atoms. The highest BCUT2D eigenvalue weighted by Crippen LogP contribution is 2.42. The van der Waals surface area contributed by atoms with E-state index < -0.39 is 0 Å². The number of hydrogen-bond acceptors (Lipinski definition) is 10. The third kappa shape index (κ3) is 8.24. The number of carbonyl (C=O) groups is 2. The number of nitrogens with zero attached hydrogens (tertiary/aromatic N) is 4. The highest BCUT2D eigenvalue weighted by Gasteiger charge is 2.50. The Labute approximate surface area is 255 Å². The molecular weight excluding hydrogens is 532 g/mol. The van der Waals surface area contributed by atoms with Crippen molar-refractivity contribution >= 4 is 11.9 Å². The summed E-state index contributed by atoms with van der Waals surface area (Å²) < 4.78 is 0. The van der Waals surface area contributed by atoms with Crippen LogP contribution in [-0.4, -0.2) is 118 Å². The molecule has 0 amide bonds. The largest absolute Gasteiger partial charge is 0.367 e. The van der Waals surface area contributed by atoms with E-state index in [4.69, 9.17) is 9.68 Å². The van der Waals surface area contributed by atoms with Gasteiger partial charge in [-0.05, 0) is 93.9 Å². The van der Waals surface area contributed by atoms with Gasteiger partial charge in [0.25, 0.3) is 0 Å². The average molecular weight is 593 g/mol. The minimum Gasteiger partial charge on any atom is -0.367 e. The molecule has 0 aliphatic carbocycles. The molecule has 2 N–H and O–H groups in total. The summed E-state index contributed by atoms with van der Waals surface area (Å²) in [6.07, 6.45) is 5.66. The predicted molar refractivity (Wildman–Crippen MR) is 166 cm³/mol. The molecular formula is C32H60N6O4. The van der Waals surface area contributed by atoms with Crippen LogP contribution >= 0.6 is 0 Å². The minimum absolute atomic E-state index is 0.220. The van der Waals surface area contributed by atoms with Crippen molar-refractivity contribution in [2.75, 3.05) is 52.4 Å². The van der Waals surface area contributed by atoms with Crippen LogP contribution in [0.1, 0.15) is 107 Å². The zero-order chi connectivity index (χ0) is 30.8. The average Bonchev–Trinajstić information content (AvgIpc) is 2.91. The number of piperidine rings is 2. The fourth-order valence-corrected chi connectivity index (χ4v) is 8.36. The van der Waals surface area contributed by atoms with Gasteiger partial charge in [-0.25, -0.2) is 0 Å². The number of carbonyl (C=O) groups excluding carboxylic acids is 2. The Bertz CT molecular complexity index is 816. The Morgan fingerprint density at radius 2 is 0.857 bits per heavy atom. The van der Waals surface area contributed by atoms with Gasteiger partial charge in [0.1, 0.15) is 0 Å². The molecule has 0 aromatic heterocycles. The first kappa shape index (κ1) is 33.6. The van der Waals surface area contributed by atoms with Crippen molar-refractivity contribution < 1.29 is 19.3 Å². The fourth-order valence-electron chi connectivity index (χ4n) is 8.36. The molecule has 0 atom stereocenters. The van der Waals surface area contributed by atoms with Gasteiger partial charge in [0.2, 0.25) is 0 Å². The quantitative estimate of drug-likeness (QED) is 0.389. The van der Waals surface area contributed by atoms with Gasteiger partial charge >= 0.3 is 11.9 Å². The van der Waals surface area contributed by atoms with Crippen molar-refractivity contribution in [1.82, 2.24) is 30.6 Å². The second kappa shape index (κ2) is 13.4. The van der Waals surface area contributed by atoms with Gasteiger partial charge in [-0.1, -0.05) is 0 Å². The maximum atomic E-state index is 12.9. The normalized spacial score (nSPS) is 27.9. The van der Waals surface area contributed by atoms with Gasteiger partial charge in [0.05, 0.1) is 22.2 Å². The summed E-state index contributed by atoms with van der Waals surface area (Å²) in [5.41, 5.74) is -1.02. The Hall–Kier alpha value is -1.30. The van der Waals surface area contributed by atoms with E-state index in [1.54, 1.807) is 0 Å². The van der Waals surface area contributed by atoms with Gasteiger partial charge in [-0.2, -0.15) is 0 Å². The van der Waals surface area contributed by atoms with Gasteiger partial charge in [-0.15, -0.1) is 10.1 Å². The number of nitrogens with one attached hydrogen (secondary N) is 2. The monoisotopic (exact) mass is 592 g/mol. The summed E-state index contributed by atoms with van der Waals surface area (Å²) in [7, 11) is 0. The molecule has 0 aromatic rings. The molecule has 4 saturated heterocycles. The molecule has 0 unspecified atom stereocenters. The highest BCUT2D eigenvalue weighted by atomic mass is 16.7. The lowest BCUT2D eigenvalue weighted by Gasteiger charge is -2.55. The smallest absolute Gasteiger partial charge is 0.325 e. The van der Waals surface area contributed by atoms with Crippen LogP contribution < -0.4 is 10.6 Å². The SMILES string of the molecule is CC1(C)CC(N2CCNCC2)CC(C)(C)N1OC(=O)CCCCC(=O)ON1C(C)(C)CC(N2CCNCC2)CC1(C)C. The molecule has 0 bridgehead atoms. The molecule has 4 aliphatic rings. The van der Waals surface area contributed by atoms with Crippen LogP contribution in [0.25, 0.3) is 0 Å². The zero-order valence-electron chi connectivity index (χ0n) is 27.9. The molecule has 0 aromatic carbocycles. The van der Waals surface area contributed by atoms with Crippen LogP contribution in [0, 0.1) is 0 Å². The molecule has 0 spiro atoms. The molecule has 242 valence electrons. The summed E-state index contributed by atoms with van der Waals surface area (Å²) in [6, 6.07) is 0.974. The fraction of sp³-hybridized carbons (Fsp3) is 0.938. The van der Waals surface area contributed by atoms with E-state index >= 15 is 0 Å². The van der Waals surface area contributed by atoms with E-state index in [1.165, 1.54) is 0 Å². The number of hydroxylamine groups is 4. The first-order chi connectivity index (χ1) is 19.6. The summed E-state index contributed by atoms with van der Waals surface area (Å²) in [5, 5.41) is 10.8. The number of piperazine rings is 2. The Morgan fingerprint density at radius 3 is 1.14 bits per heavy atom. The second-order valence-corrected chi connectivity index (χ2v) is 15.7. The Morgan fingerprint density at radius 1 is 0.571 bits per heavy atom. The Balaban J connectivity index is 1.21. The van der Waals surface area contributed by atoms with E-state index in [1.807, 2.05) is 10.1 Å². The first-order valence-electron chi connectivity index (χ1n) is 16.5. The lowest BCUT2D eigenvalue weighted by atomic mass is 9.78. The maximum Gasteiger partial charge on any atom is 0.325 e. The van der Waals surface area contributed by atoms with E-state index in [0.29, 0.717) is 37.8 Å². The van der Waals surface area contributed by atoms with Crippen LogP contribution in [0.5, 0.6) is 0 Å². The van der Waals surface area contributed by atoms with Crippen molar-refractivity contribution in [3.8, 4) is 0 Å². The molecule has 10 nitrogen and oxygen atoms in total. The van der Waals surface area contributed by atoms with E-state index in [2.05, 4.69) is 75.8 Å². The summed E-state index contributed by atoms with van der Waals surface area (Å²) >= 11 is 0. The third-order valence-electron chi connectivity index (χ3n) is 9.87. The standard InChI is InChI=1S/C32H60N6O4/c1-29(2)21-25(35-17-13-33-14-18-35)22-30(3,4)37(29)41-27(39)11-9-10-12-28(40)42-38-31(5,6)23-26(24-32(38,7)8)36-19-15-34-16-20-36/h25-26,33-34H,9-24H2,1-8H3. The van der Waals surface area contributed by atoms with Crippen LogP contribution in [0.2, 0.25) is 0 Å². The summed E-state index contributed by atoms with van der Waals surface area (Å²) in [6.45, 7) is 25.9. The van der Waals surface area contributed by atoms with Crippen molar-refractivity contribution in [3.63, 3.8) is 0 Å². The third-order valence-corrected chi connectivity index (χ3v) is 9.87. The van der Waals surface area contributed by atoms with Gasteiger partial charge in [0, 0.05) is 77.3 Å². The van der Waals surface area contributed by atoms with Gasteiger partial charge in [-0.3, -0.25) is 19.4 Å². The van der Waals surface area contributed by atoms with Crippen molar-refractivity contribution in [1.29, 1.82) is 0 Å². The van der Waals surface area contributed by atoms with E-state index in [-0.39, 0.29) is 34.1 Å². The summed E-state index contributed by atoms with van der Waals surface area (Å²) in [5.74, 6) is -0.440. The summed E-state index contributed by atoms with van der Waals surface area (Å²) in [4.78, 5) is 43.1. The molecule has 4 rings (SSSR count). The molecule has 0 saturated carbocycles. The molecule has 4 fully saturated rings. The molecule has 10 heteroatoms. The number of unbranched alkanes of at least 4 members (excludes halogenated alkanes) is 1. The van der Waals surface area contributed by atoms with Crippen molar-refractivity contribution in [3.05, 3.63) is 0 Å². The molecule has 4 heterocycles. The van der Waals surface area contributed by atoms with Crippen molar-refractivity contribution in [2.45, 2.75) is 141 Å². The van der Waals surface area contributed by atoms with Gasteiger partial charge < -0.3 is 20.3 Å². The van der Waals surface area contributed by atoms with E-state index in [9.17, 15) is 9.59 Å².